The molecule has 86 valence electrons. The number of nitrogens with zero attached hydrogens (tertiary/aromatic N) is 2. The number of hydrogen-bond acceptors (Lipinski definition) is 3. The maximum Gasteiger partial charge on any atom is 0.0853 e. The van der Waals surface area contributed by atoms with E-state index < -0.39 is 0 Å². The van der Waals surface area contributed by atoms with Crippen LogP contribution in [0, 0.1) is 5.92 Å². The van der Waals surface area contributed by atoms with Crippen LogP contribution in [-0.4, -0.2) is 22.7 Å². The van der Waals surface area contributed by atoms with E-state index in [0.29, 0.717) is 0 Å². The van der Waals surface area contributed by atoms with Gasteiger partial charge in [-0.25, -0.2) is 0 Å². The molecule has 1 heterocycles. The third-order valence-corrected chi connectivity index (χ3v) is 3.43. The Labute approximate surface area is 96.1 Å². The predicted molar refractivity (Wildman–Crippen MR) is 63.3 cm³/mol. The zero-order valence-electron chi connectivity index (χ0n) is 9.47. The lowest BCUT2D eigenvalue weighted by atomic mass is 10.2. The molecule has 16 heavy (non-hydrogen) atoms. The van der Waals surface area contributed by atoms with Gasteiger partial charge in [-0.3, -0.25) is 4.98 Å². The number of aliphatic hydroxyl groups is 1. The first-order chi connectivity index (χ1) is 7.86. The molecule has 0 bridgehead atoms. The van der Waals surface area contributed by atoms with Gasteiger partial charge in [0.05, 0.1) is 12.3 Å². The first kappa shape index (κ1) is 10.1. The third-order valence-electron chi connectivity index (χ3n) is 3.43. The average molecular weight is 218 g/mol. The summed E-state index contributed by atoms with van der Waals surface area (Å²) < 4.78 is 0. The lowest BCUT2D eigenvalue weighted by Crippen LogP contribution is -2.28. The molecular formula is C13H18N2O. The standard InChI is InChI=1S/C13H18N2O/c16-9-11-7-13(5-6-14-11)15(12-3-4-12)8-10-1-2-10/h5-7,10,12,16H,1-4,8-9H2. The highest BCUT2D eigenvalue weighted by Crippen LogP contribution is 2.37. The van der Waals surface area contributed by atoms with E-state index in [0.717, 1.165) is 17.7 Å². The average Bonchev–Trinajstić information content (AvgIpc) is 3.16. The third kappa shape index (κ3) is 2.19. The van der Waals surface area contributed by atoms with Crippen LogP contribution >= 0.6 is 0 Å². The largest absolute Gasteiger partial charge is 0.390 e. The molecule has 3 nitrogen and oxygen atoms in total. The minimum atomic E-state index is 0.0375. The summed E-state index contributed by atoms with van der Waals surface area (Å²) in [6.45, 7) is 1.23. The van der Waals surface area contributed by atoms with Gasteiger partial charge in [-0.15, -0.1) is 0 Å². The highest BCUT2D eigenvalue weighted by atomic mass is 16.3. The van der Waals surface area contributed by atoms with Crippen LogP contribution in [0.2, 0.25) is 0 Å². The predicted octanol–water partition coefficient (Wildman–Crippen LogP) is 1.95. The molecule has 2 aliphatic rings. The van der Waals surface area contributed by atoms with E-state index in [4.69, 9.17) is 5.11 Å². The van der Waals surface area contributed by atoms with E-state index in [1.54, 1.807) is 0 Å². The number of aliphatic hydroxyl groups excluding tert-OH is 1. The Morgan fingerprint density at radius 3 is 2.75 bits per heavy atom. The first-order valence-electron chi connectivity index (χ1n) is 6.19. The Hall–Kier alpha value is -1.09. The molecule has 0 atom stereocenters. The summed E-state index contributed by atoms with van der Waals surface area (Å²) in [6.07, 6.45) is 7.23. The number of rotatable bonds is 5. The van der Waals surface area contributed by atoms with Crippen LogP contribution in [0.3, 0.4) is 0 Å². The van der Waals surface area contributed by atoms with Crippen molar-refractivity contribution in [3.63, 3.8) is 0 Å². The van der Waals surface area contributed by atoms with Gasteiger partial charge in [0.15, 0.2) is 0 Å². The number of anilines is 1. The molecule has 0 radical (unpaired) electrons. The summed E-state index contributed by atoms with van der Waals surface area (Å²) in [5.74, 6) is 0.909. The lowest BCUT2D eigenvalue weighted by molar-refractivity contribution is 0.277. The normalized spacial score (nSPS) is 19.8. The molecule has 2 aliphatic carbocycles. The summed E-state index contributed by atoms with van der Waals surface area (Å²) >= 11 is 0. The van der Waals surface area contributed by atoms with Crippen LogP contribution in [-0.2, 0) is 6.61 Å². The Morgan fingerprint density at radius 2 is 2.12 bits per heavy atom. The zero-order chi connectivity index (χ0) is 11.0. The van der Waals surface area contributed by atoms with Gasteiger partial charge in [0.25, 0.3) is 0 Å². The molecule has 1 aromatic heterocycles. The molecular weight excluding hydrogens is 200 g/mol. The molecule has 0 spiro atoms. The van der Waals surface area contributed by atoms with Crippen molar-refractivity contribution in [1.82, 2.24) is 4.98 Å². The van der Waals surface area contributed by atoms with Gasteiger partial charge in [-0.05, 0) is 43.7 Å². The van der Waals surface area contributed by atoms with Crippen molar-refractivity contribution in [3.05, 3.63) is 24.0 Å². The van der Waals surface area contributed by atoms with Crippen LogP contribution in [0.4, 0.5) is 5.69 Å². The zero-order valence-corrected chi connectivity index (χ0v) is 9.47. The second kappa shape index (κ2) is 4.06. The fourth-order valence-corrected chi connectivity index (χ4v) is 2.16. The molecule has 0 aromatic carbocycles. The Balaban J connectivity index is 1.79. The Kier molecular flexibility index (Phi) is 2.56. The van der Waals surface area contributed by atoms with Gasteiger partial charge in [0, 0.05) is 24.5 Å². The van der Waals surface area contributed by atoms with E-state index in [-0.39, 0.29) is 6.61 Å². The van der Waals surface area contributed by atoms with Crippen molar-refractivity contribution in [3.8, 4) is 0 Å². The van der Waals surface area contributed by atoms with Crippen molar-refractivity contribution in [2.75, 3.05) is 11.4 Å². The first-order valence-corrected chi connectivity index (χ1v) is 6.19. The van der Waals surface area contributed by atoms with Crippen LogP contribution in [0.1, 0.15) is 31.4 Å². The maximum absolute atomic E-state index is 9.11. The summed E-state index contributed by atoms with van der Waals surface area (Å²) in [5, 5.41) is 9.11. The van der Waals surface area contributed by atoms with Crippen molar-refractivity contribution in [2.45, 2.75) is 38.3 Å². The maximum atomic E-state index is 9.11. The van der Waals surface area contributed by atoms with Gasteiger partial charge in [0.2, 0.25) is 0 Å². The summed E-state index contributed by atoms with van der Waals surface area (Å²) in [7, 11) is 0. The van der Waals surface area contributed by atoms with Crippen LogP contribution in [0.25, 0.3) is 0 Å². The van der Waals surface area contributed by atoms with E-state index in [9.17, 15) is 0 Å². The Morgan fingerprint density at radius 1 is 1.31 bits per heavy atom. The highest BCUT2D eigenvalue weighted by Gasteiger charge is 2.33. The number of aromatic nitrogens is 1. The minimum Gasteiger partial charge on any atom is -0.390 e. The summed E-state index contributed by atoms with van der Waals surface area (Å²) in [6, 6.07) is 4.84. The van der Waals surface area contributed by atoms with Crippen molar-refractivity contribution in [2.24, 2.45) is 5.92 Å². The van der Waals surface area contributed by atoms with Crippen molar-refractivity contribution in [1.29, 1.82) is 0 Å². The summed E-state index contributed by atoms with van der Waals surface area (Å²) in [4.78, 5) is 6.65. The van der Waals surface area contributed by atoms with Crippen molar-refractivity contribution >= 4 is 5.69 Å². The fraction of sp³-hybridized carbons (Fsp3) is 0.615. The summed E-state index contributed by atoms with van der Waals surface area (Å²) in [5.41, 5.74) is 2.02. The number of hydrogen-bond donors (Lipinski definition) is 1. The quantitative estimate of drug-likeness (QED) is 0.820. The molecule has 0 aliphatic heterocycles. The van der Waals surface area contributed by atoms with Gasteiger partial charge in [-0.1, -0.05) is 0 Å². The van der Waals surface area contributed by atoms with Crippen LogP contribution < -0.4 is 4.90 Å². The Bertz CT molecular complexity index is 372. The molecule has 3 heteroatoms. The molecule has 0 unspecified atom stereocenters. The topological polar surface area (TPSA) is 36.4 Å². The fourth-order valence-electron chi connectivity index (χ4n) is 2.16. The monoisotopic (exact) mass is 218 g/mol. The van der Waals surface area contributed by atoms with E-state index in [1.807, 2.05) is 12.3 Å². The SMILES string of the molecule is OCc1cc(N(CC2CC2)C2CC2)ccn1. The number of pyridine rings is 1. The van der Waals surface area contributed by atoms with Gasteiger partial charge >= 0.3 is 0 Å². The van der Waals surface area contributed by atoms with E-state index >= 15 is 0 Å². The molecule has 0 saturated heterocycles. The molecule has 1 N–H and O–H groups in total. The molecule has 1 aromatic rings. The van der Waals surface area contributed by atoms with E-state index in [1.165, 1.54) is 37.9 Å². The van der Waals surface area contributed by atoms with Gasteiger partial charge < -0.3 is 10.0 Å². The van der Waals surface area contributed by atoms with E-state index in [2.05, 4.69) is 16.0 Å². The highest BCUT2D eigenvalue weighted by molar-refractivity contribution is 5.49. The second-order valence-electron chi connectivity index (χ2n) is 4.99. The van der Waals surface area contributed by atoms with Crippen LogP contribution in [0.15, 0.2) is 18.3 Å². The molecule has 3 rings (SSSR count). The van der Waals surface area contributed by atoms with Gasteiger partial charge in [-0.2, -0.15) is 0 Å². The molecule has 0 amide bonds. The van der Waals surface area contributed by atoms with Gasteiger partial charge in [0.1, 0.15) is 0 Å². The second-order valence-corrected chi connectivity index (χ2v) is 4.99. The lowest BCUT2D eigenvalue weighted by Gasteiger charge is -2.24. The minimum absolute atomic E-state index is 0.0375. The van der Waals surface area contributed by atoms with Crippen LogP contribution in [0.5, 0.6) is 0 Å². The molecule has 2 saturated carbocycles. The molecule has 2 fully saturated rings. The van der Waals surface area contributed by atoms with Crippen molar-refractivity contribution < 1.29 is 5.11 Å². The smallest absolute Gasteiger partial charge is 0.0853 e.